The summed E-state index contributed by atoms with van der Waals surface area (Å²) in [7, 11) is 0. The monoisotopic (exact) mass is 399 g/mol. The highest BCUT2D eigenvalue weighted by Gasteiger charge is 2.24. The number of nitrogens with zero attached hydrogens (tertiary/aromatic N) is 5. The molecule has 3 aromatic heterocycles. The summed E-state index contributed by atoms with van der Waals surface area (Å²) in [6, 6.07) is 7.50. The minimum absolute atomic E-state index is 0.0195. The quantitative estimate of drug-likeness (QED) is 0.656. The fraction of sp³-hybridized carbons (Fsp3) is 0.368. The maximum absolute atomic E-state index is 13.0. The highest BCUT2D eigenvalue weighted by atomic mass is 32.1. The van der Waals surface area contributed by atoms with Gasteiger partial charge in [0.2, 0.25) is 11.8 Å². The Balaban J connectivity index is 1.59. The van der Waals surface area contributed by atoms with E-state index in [1.54, 1.807) is 38.0 Å². The largest absolute Gasteiger partial charge is 0.339 e. The van der Waals surface area contributed by atoms with Gasteiger partial charge in [0.05, 0.1) is 12.1 Å². The summed E-state index contributed by atoms with van der Waals surface area (Å²) in [4.78, 5) is 46.2. The zero-order chi connectivity index (χ0) is 19.7. The van der Waals surface area contributed by atoms with Crippen LogP contribution in [0.1, 0.15) is 11.8 Å². The van der Waals surface area contributed by atoms with Gasteiger partial charge < -0.3 is 9.80 Å². The Bertz CT molecular complexity index is 1060. The first-order valence-corrected chi connectivity index (χ1v) is 10.0. The highest BCUT2D eigenvalue weighted by Crippen LogP contribution is 2.15. The Morgan fingerprint density at radius 2 is 1.82 bits per heavy atom. The molecule has 0 radical (unpaired) electrons. The number of fused-ring (bicyclic) bond motifs is 1. The van der Waals surface area contributed by atoms with E-state index in [4.69, 9.17) is 0 Å². The predicted molar refractivity (Wildman–Crippen MR) is 106 cm³/mol. The van der Waals surface area contributed by atoms with Crippen molar-refractivity contribution in [3.63, 3.8) is 0 Å². The molecule has 4 rings (SSSR count). The van der Waals surface area contributed by atoms with Crippen molar-refractivity contribution >= 4 is 34.3 Å². The van der Waals surface area contributed by atoms with E-state index in [0.717, 1.165) is 4.88 Å². The van der Waals surface area contributed by atoms with Crippen molar-refractivity contribution in [2.24, 2.45) is 0 Å². The van der Waals surface area contributed by atoms with Crippen LogP contribution in [-0.2, 0) is 22.7 Å². The van der Waals surface area contributed by atoms with Gasteiger partial charge in [0.25, 0.3) is 0 Å². The van der Waals surface area contributed by atoms with Gasteiger partial charge in [0.15, 0.2) is 5.65 Å². The molecule has 0 atom stereocenters. The molecule has 3 aromatic rings. The van der Waals surface area contributed by atoms with Crippen molar-refractivity contribution in [2.45, 2.75) is 20.0 Å². The van der Waals surface area contributed by atoms with Crippen LogP contribution in [0.5, 0.6) is 0 Å². The maximum Gasteiger partial charge on any atom is 0.331 e. The van der Waals surface area contributed by atoms with Gasteiger partial charge >= 0.3 is 5.69 Å². The van der Waals surface area contributed by atoms with Gasteiger partial charge in [-0.15, -0.1) is 11.3 Å². The Labute approximate surface area is 165 Å². The summed E-state index contributed by atoms with van der Waals surface area (Å²) < 4.78 is 3.11. The molecule has 1 aliphatic heterocycles. The Kier molecular flexibility index (Phi) is 4.99. The number of pyridine rings is 1. The lowest BCUT2D eigenvalue weighted by Gasteiger charge is -2.34. The molecule has 146 valence electrons. The molecule has 0 unspecified atom stereocenters. The first kappa shape index (κ1) is 18.4. The molecule has 0 saturated carbocycles. The van der Waals surface area contributed by atoms with Crippen LogP contribution >= 0.6 is 11.3 Å². The molecule has 1 aliphatic rings. The minimum Gasteiger partial charge on any atom is -0.339 e. The smallest absolute Gasteiger partial charge is 0.331 e. The number of rotatable bonds is 4. The number of carbonyl (C=O) groups is 2. The average Bonchev–Trinajstić information content (AvgIpc) is 3.31. The van der Waals surface area contributed by atoms with Gasteiger partial charge in [0.1, 0.15) is 6.54 Å². The fourth-order valence-corrected chi connectivity index (χ4v) is 4.20. The molecular weight excluding hydrogens is 378 g/mol. The summed E-state index contributed by atoms with van der Waals surface area (Å²) in [6.07, 6.45) is 1.65. The van der Waals surface area contributed by atoms with E-state index in [1.165, 1.54) is 11.5 Å². The molecule has 0 N–H and O–H groups in total. The van der Waals surface area contributed by atoms with Gasteiger partial charge in [-0.1, -0.05) is 6.07 Å². The summed E-state index contributed by atoms with van der Waals surface area (Å²) in [5.41, 5.74) is 0.993. The number of imidazole rings is 1. The molecule has 2 amide bonds. The third kappa shape index (κ3) is 3.45. The van der Waals surface area contributed by atoms with Crippen molar-refractivity contribution in [2.75, 3.05) is 26.2 Å². The molecule has 0 bridgehead atoms. The summed E-state index contributed by atoms with van der Waals surface area (Å²) >= 11 is 1.58. The van der Waals surface area contributed by atoms with Crippen molar-refractivity contribution in [1.82, 2.24) is 23.9 Å². The Morgan fingerprint density at radius 1 is 1.07 bits per heavy atom. The van der Waals surface area contributed by atoms with Crippen LogP contribution in [0.25, 0.3) is 11.2 Å². The second kappa shape index (κ2) is 7.59. The zero-order valence-electron chi connectivity index (χ0n) is 15.6. The molecule has 0 aliphatic carbocycles. The standard InChI is InChI=1S/C19H21N5O3S/c1-14(25)21-7-9-22(10-8-21)17(26)13-23-16-5-2-6-20-18(16)24(19(23)27)12-15-4-3-11-28-15/h2-6,11H,7-10,12-13H2,1H3. The number of hydrogen-bond acceptors (Lipinski definition) is 5. The molecule has 9 heteroatoms. The summed E-state index contributed by atoms with van der Waals surface area (Å²) in [5.74, 6) is -0.102. The van der Waals surface area contributed by atoms with Crippen LogP contribution in [0.4, 0.5) is 0 Å². The van der Waals surface area contributed by atoms with Crippen LogP contribution in [0, 0.1) is 0 Å². The number of piperazine rings is 1. The molecule has 0 aromatic carbocycles. The lowest BCUT2D eigenvalue weighted by molar-refractivity contribution is -0.138. The van der Waals surface area contributed by atoms with Gasteiger partial charge in [-0.05, 0) is 23.6 Å². The topological polar surface area (TPSA) is 80.4 Å². The number of hydrogen-bond donors (Lipinski definition) is 0. The van der Waals surface area contributed by atoms with E-state index in [0.29, 0.717) is 43.9 Å². The second-order valence-electron chi connectivity index (χ2n) is 6.77. The van der Waals surface area contributed by atoms with E-state index in [9.17, 15) is 14.4 Å². The molecule has 1 fully saturated rings. The van der Waals surface area contributed by atoms with E-state index >= 15 is 0 Å². The van der Waals surface area contributed by atoms with Gasteiger partial charge in [0, 0.05) is 44.2 Å². The van der Waals surface area contributed by atoms with E-state index < -0.39 is 0 Å². The van der Waals surface area contributed by atoms with Crippen LogP contribution in [0.2, 0.25) is 0 Å². The normalized spacial score (nSPS) is 14.6. The van der Waals surface area contributed by atoms with Crippen LogP contribution < -0.4 is 5.69 Å². The van der Waals surface area contributed by atoms with Gasteiger partial charge in [-0.3, -0.25) is 18.7 Å². The van der Waals surface area contributed by atoms with E-state index in [2.05, 4.69) is 4.98 Å². The van der Waals surface area contributed by atoms with Crippen molar-refractivity contribution in [1.29, 1.82) is 0 Å². The predicted octanol–water partition coefficient (Wildman–Crippen LogP) is 0.998. The molecular formula is C19H21N5O3S. The van der Waals surface area contributed by atoms with Gasteiger partial charge in [-0.25, -0.2) is 9.78 Å². The summed E-state index contributed by atoms with van der Waals surface area (Å²) in [5, 5.41) is 1.97. The van der Waals surface area contributed by atoms with Gasteiger partial charge in [-0.2, -0.15) is 0 Å². The lowest BCUT2D eigenvalue weighted by Crippen LogP contribution is -2.51. The molecule has 1 saturated heterocycles. The Morgan fingerprint density at radius 3 is 2.50 bits per heavy atom. The van der Waals surface area contributed by atoms with Crippen LogP contribution in [-0.4, -0.2) is 61.9 Å². The second-order valence-corrected chi connectivity index (χ2v) is 7.80. The first-order valence-electron chi connectivity index (χ1n) is 9.14. The molecule has 8 nitrogen and oxygen atoms in total. The van der Waals surface area contributed by atoms with Crippen LogP contribution in [0.3, 0.4) is 0 Å². The van der Waals surface area contributed by atoms with E-state index in [-0.39, 0.29) is 24.0 Å². The summed E-state index contributed by atoms with van der Waals surface area (Å²) in [6.45, 7) is 3.96. The maximum atomic E-state index is 13.0. The van der Waals surface area contributed by atoms with Crippen LogP contribution in [0.15, 0.2) is 40.6 Å². The number of aromatic nitrogens is 3. The third-order valence-corrected chi connectivity index (χ3v) is 5.90. The number of carbonyl (C=O) groups excluding carboxylic acids is 2. The third-order valence-electron chi connectivity index (χ3n) is 5.04. The van der Waals surface area contributed by atoms with Crippen molar-refractivity contribution in [3.05, 3.63) is 51.2 Å². The molecule has 0 spiro atoms. The van der Waals surface area contributed by atoms with Crippen molar-refractivity contribution < 1.29 is 9.59 Å². The number of thiophene rings is 1. The fourth-order valence-electron chi connectivity index (χ4n) is 3.51. The van der Waals surface area contributed by atoms with E-state index in [1.807, 2.05) is 23.6 Å². The average molecular weight is 399 g/mol. The highest BCUT2D eigenvalue weighted by molar-refractivity contribution is 7.09. The Hall–Kier alpha value is -2.94. The number of amides is 2. The minimum atomic E-state index is -0.238. The zero-order valence-corrected chi connectivity index (χ0v) is 16.4. The van der Waals surface area contributed by atoms with Crippen molar-refractivity contribution in [3.8, 4) is 0 Å². The molecule has 28 heavy (non-hydrogen) atoms. The SMILES string of the molecule is CC(=O)N1CCN(C(=O)Cn2c(=O)n(Cc3cccs3)c3ncccc32)CC1. The molecule has 4 heterocycles. The lowest BCUT2D eigenvalue weighted by atomic mass is 10.3. The first-order chi connectivity index (χ1) is 13.5.